The highest BCUT2D eigenvalue weighted by molar-refractivity contribution is 6.34. The van der Waals surface area contributed by atoms with Crippen LogP contribution in [0.25, 0.3) is 4.85 Å². The van der Waals surface area contributed by atoms with Crippen molar-refractivity contribution in [1.29, 1.82) is 0 Å². The second kappa shape index (κ2) is 6.15. The minimum atomic E-state index is -0.208. The van der Waals surface area contributed by atoms with Gasteiger partial charge in [-0.3, -0.25) is 9.59 Å². The maximum Gasteiger partial charge on any atom is 0.220 e. The summed E-state index contributed by atoms with van der Waals surface area (Å²) >= 11 is 6.14. The van der Waals surface area contributed by atoms with Crippen molar-refractivity contribution >= 4 is 29.0 Å². The van der Waals surface area contributed by atoms with Gasteiger partial charge in [-0.2, -0.15) is 0 Å². The molecule has 0 aromatic heterocycles. The molecule has 6 heteroatoms. The van der Waals surface area contributed by atoms with Crippen molar-refractivity contribution in [3.63, 3.8) is 0 Å². The fourth-order valence-electron chi connectivity index (χ4n) is 2.50. The Morgan fingerprint density at radius 1 is 1.62 bits per heavy atom. The van der Waals surface area contributed by atoms with Gasteiger partial charge in [0.05, 0.1) is 18.7 Å². The number of carbonyl (C=O) groups excluding carboxylic acids is 2. The second-order valence-electron chi connectivity index (χ2n) is 4.80. The summed E-state index contributed by atoms with van der Waals surface area (Å²) < 4.78 is 5.61. The summed E-state index contributed by atoms with van der Waals surface area (Å²) in [5.74, 6) is -0.0972. The quantitative estimate of drug-likeness (QED) is 0.687. The van der Waals surface area contributed by atoms with Crippen molar-refractivity contribution < 1.29 is 14.3 Å². The summed E-state index contributed by atoms with van der Waals surface area (Å²) in [7, 11) is 0. The van der Waals surface area contributed by atoms with E-state index >= 15 is 0 Å². The van der Waals surface area contributed by atoms with Crippen molar-refractivity contribution in [3.8, 4) is 5.75 Å². The van der Waals surface area contributed by atoms with Gasteiger partial charge in [0.1, 0.15) is 5.75 Å². The zero-order chi connectivity index (χ0) is 15.6. The van der Waals surface area contributed by atoms with E-state index in [0.717, 1.165) is 0 Å². The highest BCUT2D eigenvalue weighted by Crippen LogP contribution is 2.45. The molecular weight excluding hydrogens is 292 g/mol. The molecule has 21 heavy (non-hydrogen) atoms. The Bertz CT molecular complexity index is 649. The van der Waals surface area contributed by atoms with Crippen molar-refractivity contribution in [2.24, 2.45) is 0 Å². The summed E-state index contributed by atoms with van der Waals surface area (Å²) in [5.41, 5.74) is 1.16. The van der Waals surface area contributed by atoms with Crippen LogP contribution in [0, 0.1) is 6.57 Å². The number of benzene rings is 1. The molecule has 0 saturated carbocycles. The number of halogens is 1. The molecule has 2 rings (SSSR count). The van der Waals surface area contributed by atoms with Crippen molar-refractivity contribution in [3.05, 3.63) is 33.6 Å². The van der Waals surface area contributed by atoms with E-state index in [1.54, 1.807) is 6.92 Å². The highest BCUT2D eigenvalue weighted by Gasteiger charge is 2.31. The number of amides is 1. The van der Waals surface area contributed by atoms with Crippen LogP contribution in [-0.4, -0.2) is 24.8 Å². The lowest BCUT2D eigenvalue weighted by Gasteiger charge is -2.20. The third-order valence-electron chi connectivity index (χ3n) is 3.41. The molecule has 1 aliphatic heterocycles. The predicted octanol–water partition coefficient (Wildman–Crippen LogP) is 3.10. The van der Waals surface area contributed by atoms with Gasteiger partial charge in [0.15, 0.2) is 5.78 Å². The number of nitrogens with zero attached hydrogens (tertiary/aromatic N) is 1. The van der Waals surface area contributed by atoms with Crippen LogP contribution in [0.2, 0.25) is 5.02 Å². The van der Waals surface area contributed by atoms with E-state index in [1.165, 1.54) is 13.0 Å². The Labute approximate surface area is 128 Å². The predicted molar refractivity (Wildman–Crippen MR) is 79.3 cm³/mol. The largest absolute Gasteiger partial charge is 0.494 e. The first-order valence-corrected chi connectivity index (χ1v) is 7.01. The minimum Gasteiger partial charge on any atom is -0.494 e. The van der Waals surface area contributed by atoms with Gasteiger partial charge in [0.25, 0.3) is 0 Å². The van der Waals surface area contributed by atoms with E-state index in [-0.39, 0.29) is 34.7 Å². The monoisotopic (exact) mass is 306 g/mol. The van der Waals surface area contributed by atoms with Gasteiger partial charge in [-0.25, -0.2) is 4.85 Å². The first-order valence-electron chi connectivity index (χ1n) is 6.63. The minimum absolute atomic E-state index is 0.0808. The fourth-order valence-corrected chi connectivity index (χ4v) is 2.76. The molecule has 0 spiro atoms. The average Bonchev–Trinajstić information content (AvgIpc) is 2.86. The number of hydrogen-bond donors (Lipinski definition) is 1. The van der Waals surface area contributed by atoms with Crippen molar-refractivity contribution in [1.82, 2.24) is 5.32 Å². The molecule has 0 bridgehead atoms. The number of ether oxygens (including phenoxy) is 1. The number of ketones is 1. The van der Waals surface area contributed by atoms with Gasteiger partial charge in [-0.15, -0.1) is 0 Å². The summed E-state index contributed by atoms with van der Waals surface area (Å²) in [6.45, 7) is 11.3. The molecule has 0 radical (unpaired) electrons. The smallest absolute Gasteiger partial charge is 0.220 e. The molecule has 1 unspecified atom stereocenters. The van der Waals surface area contributed by atoms with Crippen LogP contribution in [-0.2, 0) is 4.79 Å². The molecule has 1 atom stereocenters. The van der Waals surface area contributed by atoms with Crippen LogP contribution >= 0.6 is 11.6 Å². The third kappa shape index (κ3) is 2.86. The first kappa shape index (κ1) is 15.3. The molecule has 1 aromatic carbocycles. The van der Waals surface area contributed by atoms with Crippen LogP contribution in [0.3, 0.4) is 0 Å². The molecule has 1 N–H and O–H groups in total. The number of nitrogens with one attached hydrogen (secondary N) is 1. The van der Waals surface area contributed by atoms with Crippen molar-refractivity contribution in [2.45, 2.75) is 26.2 Å². The fraction of sp³-hybridized carbons (Fsp3) is 0.400. The van der Waals surface area contributed by atoms with Gasteiger partial charge in [-0.05, 0) is 19.9 Å². The highest BCUT2D eigenvalue weighted by atomic mass is 35.5. The van der Waals surface area contributed by atoms with Crippen LogP contribution in [0.15, 0.2) is 6.07 Å². The van der Waals surface area contributed by atoms with E-state index in [4.69, 9.17) is 22.9 Å². The normalized spacial score (nSPS) is 17.2. The van der Waals surface area contributed by atoms with E-state index in [1.807, 2.05) is 0 Å². The molecule has 1 aliphatic rings. The number of hydrogen-bond acceptors (Lipinski definition) is 3. The number of Topliss-reactive ketones (excluding diaryl/α,β-unsaturated/α-hetero) is 1. The van der Waals surface area contributed by atoms with Gasteiger partial charge in [0, 0.05) is 29.5 Å². The summed E-state index contributed by atoms with van der Waals surface area (Å²) in [6, 6.07) is 1.47. The standard InChI is InChI=1S/C15H15ClN2O3/c1-4-21-15-10(8(2)19)6-11(16)14(17-3)13(15)9-5-12(20)18-7-9/h6,9H,4-5,7H2,1-2H3,(H,18,20). The molecule has 1 saturated heterocycles. The lowest BCUT2D eigenvalue weighted by molar-refractivity contribution is -0.119. The molecule has 1 amide bonds. The summed E-state index contributed by atoms with van der Waals surface area (Å²) in [6.07, 6.45) is 0.264. The molecule has 1 aromatic rings. The van der Waals surface area contributed by atoms with Crippen LogP contribution < -0.4 is 10.1 Å². The number of carbonyl (C=O) groups is 2. The molecule has 110 valence electrons. The lowest BCUT2D eigenvalue weighted by Crippen LogP contribution is -2.14. The van der Waals surface area contributed by atoms with Crippen LogP contribution in [0.5, 0.6) is 5.75 Å². The SMILES string of the molecule is [C-]#[N+]c1c(Cl)cc(C(C)=O)c(OCC)c1C1CNC(=O)C1. The molecular formula is C15H15ClN2O3. The van der Waals surface area contributed by atoms with Gasteiger partial charge in [-0.1, -0.05) is 11.6 Å². The third-order valence-corrected chi connectivity index (χ3v) is 3.70. The zero-order valence-corrected chi connectivity index (χ0v) is 12.6. The second-order valence-corrected chi connectivity index (χ2v) is 5.21. The van der Waals surface area contributed by atoms with Crippen LogP contribution in [0.4, 0.5) is 5.69 Å². The Balaban J connectivity index is 2.70. The van der Waals surface area contributed by atoms with Crippen LogP contribution in [0.1, 0.15) is 42.1 Å². The van der Waals surface area contributed by atoms with E-state index in [2.05, 4.69) is 10.2 Å². The van der Waals surface area contributed by atoms with E-state index in [9.17, 15) is 9.59 Å². The molecule has 0 aliphatic carbocycles. The Hall–Kier alpha value is -2.06. The zero-order valence-electron chi connectivity index (χ0n) is 11.8. The maximum absolute atomic E-state index is 11.8. The van der Waals surface area contributed by atoms with Gasteiger partial charge in [0.2, 0.25) is 11.6 Å². The van der Waals surface area contributed by atoms with E-state index in [0.29, 0.717) is 30.0 Å². The van der Waals surface area contributed by atoms with Gasteiger partial charge < -0.3 is 10.1 Å². The Morgan fingerprint density at radius 2 is 2.33 bits per heavy atom. The van der Waals surface area contributed by atoms with Crippen molar-refractivity contribution in [2.75, 3.05) is 13.2 Å². The Morgan fingerprint density at radius 3 is 2.81 bits per heavy atom. The maximum atomic E-state index is 11.8. The average molecular weight is 307 g/mol. The molecule has 5 nitrogen and oxygen atoms in total. The molecule has 1 heterocycles. The number of rotatable bonds is 4. The summed E-state index contributed by atoms with van der Waals surface area (Å²) in [4.78, 5) is 26.8. The van der Waals surface area contributed by atoms with Gasteiger partial charge >= 0.3 is 0 Å². The first-order chi connectivity index (χ1) is 9.99. The summed E-state index contributed by atoms with van der Waals surface area (Å²) in [5, 5.41) is 2.95. The molecule has 1 fully saturated rings. The Kier molecular flexibility index (Phi) is 4.49. The topological polar surface area (TPSA) is 59.8 Å². The lowest BCUT2D eigenvalue weighted by atomic mass is 9.92. The van der Waals surface area contributed by atoms with E-state index < -0.39 is 0 Å².